The van der Waals surface area contributed by atoms with Gasteiger partial charge in [-0.3, -0.25) is 9.59 Å². The normalized spacial score (nSPS) is 17.9. The van der Waals surface area contributed by atoms with Crippen LogP contribution in [0.5, 0.6) is 11.5 Å². The molecule has 0 aliphatic carbocycles. The van der Waals surface area contributed by atoms with Gasteiger partial charge in [0, 0.05) is 51.0 Å². The summed E-state index contributed by atoms with van der Waals surface area (Å²) in [5.41, 5.74) is 0.577. The van der Waals surface area contributed by atoms with Crippen molar-refractivity contribution in [3.05, 3.63) is 23.8 Å². The number of ether oxygens (including phenoxy) is 2. The number of hydrogen-bond donors (Lipinski definition) is 0. The molecule has 2 heterocycles. The van der Waals surface area contributed by atoms with Crippen molar-refractivity contribution in [1.82, 2.24) is 9.80 Å². The molecular weight excluding hydrogens is 320 g/mol. The highest BCUT2D eigenvalue weighted by Crippen LogP contribution is 2.30. The highest BCUT2D eigenvalue weighted by Gasteiger charge is 2.21. The number of amides is 1. The van der Waals surface area contributed by atoms with Crippen LogP contribution in [0.2, 0.25) is 0 Å². The second-order valence-electron chi connectivity index (χ2n) is 6.45. The third-order valence-corrected chi connectivity index (χ3v) is 4.81. The Morgan fingerprint density at radius 1 is 1.00 bits per heavy atom. The Balaban J connectivity index is 1.52. The molecule has 25 heavy (non-hydrogen) atoms. The smallest absolute Gasteiger partial charge is 0.223 e. The zero-order chi connectivity index (χ0) is 17.6. The lowest BCUT2D eigenvalue weighted by Crippen LogP contribution is -2.48. The van der Waals surface area contributed by atoms with Crippen LogP contribution < -0.4 is 9.47 Å². The molecule has 1 aromatic carbocycles. The lowest BCUT2D eigenvalue weighted by atomic mass is 10.1. The number of ketones is 1. The van der Waals surface area contributed by atoms with Crippen LogP contribution in [0.3, 0.4) is 0 Å². The predicted molar refractivity (Wildman–Crippen MR) is 94.3 cm³/mol. The summed E-state index contributed by atoms with van der Waals surface area (Å²) in [4.78, 5) is 28.9. The van der Waals surface area contributed by atoms with Crippen LogP contribution in [-0.2, 0) is 4.79 Å². The standard InChI is InChI=1S/C19H26N2O4/c1-2-20-8-10-21(11-9-20)19(23)7-5-16(22)15-4-6-17-18(14-15)25-13-3-12-24-17/h4,6,14H,2-3,5,7-13H2,1H3. The van der Waals surface area contributed by atoms with Gasteiger partial charge in [-0.1, -0.05) is 6.92 Å². The summed E-state index contributed by atoms with van der Waals surface area (Å²) in [7, 11) is 0. The number of carbonyl (C=O) groups is 2. The monoisotopic (exact) mass is 346 g/mol. The Labute approximate surface area is 148 Å². The SMILES string of the molecule is CCN1CCN(C(=O)CCC(=O)c2ccc3c(c2)OCCCO3)CC1. The van der Waals surface area contributed by atoms with Crippen LogP contribution >= 0.6 is 0 Å². The highest BCUT2D eigenvalue weighted by molar-refractivity contribution is 5.98. The first-order chi connectivity index (χ1) is 12.2. The molecular formula is C19H26N2O4. The number of hydrogen-bond acceptors (Lipinski definition) is 5. The molecule has 3 rings (SSSR count). The number of nitrogens with zero attached hydrogens (tertiary/aromatic N) is 2. The molecule has 6 heteroatoms. The minimum atomic E-state index is -0.0313. The molecule has 2 aliphatic heterocycles. The molecule has 1 aromatic rings. The Hall–Kier alpha value is -2.08. The van der Waals surface area contributed by atoms with E-state index in [9.17, 15) is 9.59 Å². The molecule has 0 unspecified atom stereocenters. The molecule has 1 fully saturated rings. The van der Waals surface area contributed by atoms with Crippen molar-refractivity contribution in [2.45, 2.75) is 26.2 Å². The minimum absolute atomic E-state index is 0.0313. The largest absolute Gasteiger partial charge is 0.490 e. The van der Waals surface area contributed by atoms with E-state index in [1.54, 1.807) is 18.2 Å². The summed E-state index contributed by atoms with van der Waals surface area (Å²) in [6.07, 6.45) is 1.32. The summed E-state index contributed by atoms with van der Waals surface area (Å²) in [6, 6.07) is 5.26. The molecule has 2 aliphatic rings. The molecule has 0 spiro atoms. The molecule has 1 amide bonds. The van der Waals surface area contributed by atoms with Gasteiger partial charge in [0.05, 0.1) is 13.2 Å². The summed E-state index contributed by atoms with van der Waals surface area (Å²) in [6.45, 7) is 7.70. The van der Waals surface area contributed by atoms with Crippen molar-refractivity contribution in [2.24, 2.45) is 0 Å². The van der Waals surface area contributed by atoms with Crippen molar-refractivity contribution in [3.8, 4) is 11.5 Å². The fraction of sp³-hybridized carbons (Fsp3) is 0.579. The quantitative estimate of drug-likeness (QED) is 0.763. The van der Waals surface area contributed by atoms with Crippen molar-refractivity contribution in [2.75, 3.05) is 45.9 Å². The number of carbonyl (C=O) groups excluding carboxylic acids is 2. The predicted octanol–water partition coefficient (Wildman–Crippen LogP) is 1.97. The fourth-order valence-corrected chi connectivity index (χ4v) is 3.17. The van der Waals surface area contributed by atoms with Gasteiger partial charge in [-0.2, -0.15) is 0 Å². The van der Waals surface area contributed by atoms with E-state index < -0.39 is 0 Å². The van der Waals surface area contributed by atoms with Crippen LogP contribution in [0, 0.1) is 0 Å². The van der Waals surface area contributed by atoms with Gasteiger partial charge in [0.2, 0.25) is 5.91 Å². The summed E-state index contributed by atoms with van der Waals surface area (Å²) < 4.78 is 11.2. The van der Waals surface area contributed by atoms with Crippen LogP contribution in [0.15, 0.2) is 18.2 Å². The van der Waals surface area contributed by atoms with E-state index >= 15 is 0 Å². The van der Waals surface area contributed by atoms with E-state index in [-0.39, 0.29) is 24.5 Å². The highest BCUT2D eigenvalue weighted by atomic mass is 16.5. The van der Waals surface area contributed by atoms with Crippen LogP contribution in [0.25, 0.3) is 0 Å². The maximum absolute atomic E-state index is 12.4. The summed E-state index contributed by atoms with van der Waals surface area (Å²) >= 11 is 0. The topological polar surface area (TPSA) is 59.1 Å². The van der Waals surface area contributed by atoms with Crippen LogP contribution in [0.1, 0.15) is 36.5 Å². The molecule has 1 saturated heterocycles. The van der Waals surface area contributed by atoms with E-state index in [2.05, 4.69) is 11.8 Å². The molecule has 0 aromatic heterocycles. The third-order valence-electron chi connectivity index (χ3n) is 4.81. The maximum atomic E-state index is 12.4. The molecule has 136 valence electrons. The van der Waals surface area contributed by atoms with Gasteiger partial charge >= 0.3 is 0 Å². The van der Waals surface area contributed by atoms with Gasteiger partial charge in [0.1, 0.15) is 0 Å². The van der Waals surface area contributed by atoms with Gasteiger partial charge in [0.15, 0.2) is 17.3 Å². The number of fused-ring (bicyclic) bond motifs is 1. The van der Waals surface area contributed by atoms with Gasteiger partial charge in [0.25, 0.3) is 0 Å². The van der Waals surface area contributed by atoms with E-state index in [4.69, 9.17) is 9.47 Å². The van der Waals surface area contributed by atoms with E-state index in [1.807, 2.05) is 4.90 Å². The van der Waals surface area contributed by atoms with Gasteiger partial charge in [-0.25, -0.2) is 0 Å². The first kappa shape index (κ1) is 17.7. The first-order valence-corrected chi connectivity index (χ1v) is 9.10. The summed E-state index contributed by atoms with van der Waals surface area (Å²) in [5.74, 6) is 1.33. The number of rotatable bonds is 5. The Morgan fingerprint density at radius 3 is 2.44 bits per heavy atom. The Morgan fingerprint density at radius 2 is 1.72 bits per heavy atom. The first-order valence-electron chi connectivity index (χ1n) is 9.10. The lowest BCUT2D eigenvalue weighted by Gasteiger charge is -2.34. The van der Waals surface area contributed by atoms with Gasteiger partial charge in [-0.15, -0.1) is 0 Å². The third kappa shape index (κ3) is 4.51. The van der Waals surface area contributed by atoms with Crippen LogP contribution in [0.4, 0.5) is 0 Å². The number of piperazine rings is 1. The number of likely N-dealkylation sites (N-methyl/N-ethyl adjacent to an activating group) is 1. The Bertz CT molecular complexity index is 624. The van der Waals surface area contributed by atoms with Crippen molar-refractivity contribution < 1.29 is 19.1 Å². The molecule has 0 atom stereocenters. The molecule has 0 saturated carbocycles. The lowest BCUT2D eigenvalue weighted by molar-refractivity contribution is -0.132. The van der Waals surface area contributed by atoms with E-state index in [0.29, 0.717) is 30.3 Å². The van der Waals surface area contributed by atoms with Gasteiger partial charge in [-0.05, 0) is 24.7 Å². The number of Topliss-reactive ketones (excluding diaryl/α,β-unsaturated/α-hetero) is 1. The average molecular weight is 346 g/mol. The Kier molecular flexibility index (Phi) is 5.91. The van der Waals surface area contributed by atoms with E-state index in [0.717, 1.165) is 39.1 Å². The average Bonchev–Trinajstić information content (AvgIpc) is 2.90. The fourth-order valence-electron chi connectivity index (χ4n) is 3.17. The second-order valence-corrected chi connectivity index (χ2v) is 6.45. The molecule has 6 nitrogen and oxygen atoms in total. The molecule has 0 N–H and O–H groups in total. The number of benzene rings is 1. The zero-order valence-corrected chi connectivity index (χ0v) is 14.8. The minimum Gasteiger partial charge on any atom is -0.490 e. The second kappa shape index (κ2) is 8.34. The molecule has 0 bridgehead atoms. The van der Waals surface area contributed by atoms with Crippen molar-refractivity contribution in [3.63, 3.8) is 0 Å². The van der Waals surface area contributed by atoms with E-state index in [1.165, 1.54) is 0 Å². The van der Waals surface area contributed by atoms with Crippen molar-refractivity contribution >= 4 is 11.7 Å². The van der Waals surface area contributed by atoms with Crippen molar-refractivity contribution in [1.29, 1.82) is 0 Å². The summed E-state index contributed by atoms with van der Waals surface area (Å²) in [5, 5.41) is 0. The van der Waals surface area contributed by atoms with Gasteiger partial charge < -0.3 is 19.3 Å². The maximum Gasteiger partial charge on any atom is 0.223 e. The van der Waals surface area contributed by atoms with Crippen LogP contribution in [-0.4, -0.2) is 67.4 Å². The molecule has 0 radical (unpaired) electrons. The zero-order valence-electron chi connectivity index (χ0n) is 14.8.